The molecule has 3 aromatic rings. The molecule has 2 aromatic carbocycles. The number of anilines is 1. The van der Waals surface area contributed by atoms with E-state index in [9.17, 15) is 14.4 Å². The third-order valence-corrected chi connectivity index (χ3v) is 5.09. The average molecular weight is 363 g/mol. The predicted octanol–water partition coefficient (Wildman–Crippen LogP) is 2.37. The Bertz CT molecular complexity index is 1140. The van der Waals surface area contributed by atoms with Crippen molar-refractivity contribution in [2.45, 2.75) is 32.7 Å². The van der Waals surface area contributed by atoms with E-state index in [1.54, 1.807) is 29.2 Å². The third kappa shape index (κ3) is 3.18. The first-order chi connectivity index (χ1) is 13.0. The molecule has 1 N–H and O–H groups in total. The number of aryl methyl sites for hydroxylation is 3. The summed E-state index contributed by atoms with van der Waals surface area (Å²) in [6.07, 6.45) is 2.05. The molecule has 1 aliphatic rings. The zero-order chi connectivity index (χ0) is 19.0. The van der Waals surface area contributed by atoms with Crippen LogP contribution in [0.5, 0.6) is 0 Å². The number of hydrogen-bond acceptors (Lipinski definition) is 3. The topological polar surface area (TPSA) is 75.2 Å². The van der Waals surface area contributed by atoms with Crippen LogP contribution in [0, 0.1) is 6.92 Å². The Morgan fingerprint density at radius 2 is 1.89 bits per heavy atom. The van der Waals surface area contributed by atoms with Crippen molar-refractivity contribution in [1.82, 2.24) is 9.78 Å². The summed E-state index contributed by atoms with van der Waals surface area (Å²) in [5.41, 5.74) is 2.72. The van der Waals surface area contributed by atoms with Crippen LogP contribution in [0.25, 0.3) is 10.8 Å². The summed E-state index contributed by atoms with van der Waals surface area (Å²) in [6.45, 7) is 2.87. The molecule has 6 nitrogen and oxygen atoms in total. The van der Waals surface area contributed by atoms with E-state index in [1.165, 1.54) is 15.8 Å². The van der Waals surface area contributed by atoms with E-state index in [2.05, 4.69) is 11.2 Å². The van der Waals surface area contributed by atoms with Gasteiger partial charge in [-0.15, -0.1) is 0 Å². The first-order valence-electron chi connectivity index (χ1n) is 9.16. The number of fused-ring (bicyclic) bond motifs is 2. The highest BCUT2D eigenvalue weighted by atomic mass is 16.2. The van der Waals surface area contributed by atoms with E-state index in [0.29, 0.717) is 17.3 Å². The van der Waals surface area contributed by atoms with Crippen molar-refractivity contribution < 1.29 is 4.79 Å². The normalized spacial score (nSPS) is 13.6. The van der Waals surface area contributed by atoms with Crippen LogP contribution in [-0.4, -0.2) is 22.2 Å². The molecule has 1 aromatic heterocycles. The van der Waals surface area contributed by atoms with E-state index in [4.69, 9.17) is 0 Å². The van der Waals surface area contributed by atoms with Crippen LogP contribution in [0.3, 0.4) is 0 Å². The number of amides is 1. The molecule has 0 unspecified atom stereocenters. The summed E-state index contributed by atoms with van der Waals surface area (Å²) in [6, 6.07) is 12.8. The van der Waals surface area contributed by atoms with E-state index in [1.807, 2.05) is 19.1 Å². The van der Waals surface area contributed by atoms with Crippen LogP contribution in [0.15, 0.2) is 52.1 Å². The SMILES string of the molecule is Cc1ccc2c(c1)CCCN2C(=O)CCn1[nH]c(=O)c2ccccc2c1=O. The van der Waals surface area contributed by atoms with Crippen molar-refractivity contribution in [2.75, 3.05) is 11.4 Å². The van der Waals surface area contributed by atoms with Crippen LogP contribution >= 0.6 is 0 Å². The maximum absolute atomic E-state index is 12.8. The summed E-state index contributed by atoms with van der Waals surface area (Å²) >= 11 is 0. The summed E-state index contributed by atoms with van der Waals surface area (Å²) in [5, 5.41) is 3.32. The predicted molar refractivity (Wildman–Crippen MR) is 105 cm³/mol. The Balaban J connectivity index is 1.58. The van der Waals surface area contributed by atoms with E-state index in [-0.39, 0.29) is 30.0 Å². The lowest BCUT2D eigenvalue weighted by Gasteiger charge is -2.30. The molecule has 4 rings (SSSR count). The number of H-pyrrole nitrogens is 1. The fourth-order valence-corrected chi connectivity index (χ4v) is 3.73. The van der Waals surface area contributed by atoms with Crippen molar-refractivity contribution in [1.29, 1.82) is 0 Å². The molecule has 0 bridgehead atoms. The fraction of sp³-hybridized carbons (Fsp3) is 0.286. The lowest BCUT2D eigenvalue weighted by atomic mass is 9.99. The van der Waals surface area contributed by atoms with Gasteiger partial charge in [-0.3, -0.25) is 19.5 Å². The number of nitrogens with zero attached hydrogens (tertiary/aromatic N) is 2. The molecule has 6 heteroatoms. The molecule has 27 heavy (non-hydrogen) atoms. The van der Waals surface area contributed by atoms with Crippen LogP contribution in [0.2, 0.25) is 0 Å². The summed E-state index contributed by atoms with van der Waals surface area (Å²) in [4.78, 5) is 39.3. The number of rotatable bonds is 3. The van der Waals surface area contributed by atoms with E-state index in [0.717, 1.165) is 18.5 Å². The minimum atomic E-state index is -0.323. The monoisotopic (exact) mass is 363 g/mol. The maximum Gasteiger partial charge on any atom is 0.273 e. The Morgan fingerprint density at radius 1 is 1.11 bits per heavy atom. The second-order valence-electron chi connectivity index (χ2n) is 6.97. The highest BCUT2D eigenvalue weighted by molar-refractivity contribution is 5.94. The van der Waals surface area contributed by atoms with Crippen LogP contribution in [-0.2, 0) is 17.8 Å². The molecule has 1 aliphatic heterocycles. The Kier molecular flexibility index (Phi) is 4.39. The van der Waals surface area contributed by atoms with Gasteiger partial charge in [0.25, 0.3) is 11.1 Å². The van der Waals surface area contributed by atoms with Crippen molar-refractivity contribution in [3.8, 4) is 0 Å². The minimum absolute atomic E-state index is 0.0410. The quantitative estimate of drug-likeness (QED) is 0.776. The van der Waals surface area contributed by atoms with Gasteiger partial charge in [-0.05, 0) is 43.5 Å². The largest absolute Gasteiger partial charge is 0.312 e. The Hall–Kier alpha value is -3.15. The van der Waals surface area contributed by atoms with Gasteiger partial charge in [0.15, 0.2) is 0 Å². The lowest BCUT2D eigenvalue weighted by molar-refractivity contribution is -0.119. The van der Waals surface area contributed by atoms with Gasteiger partial charge in [0, 0.05) is 18.7 Å². The molecule has 2 heterocycles. The zero-order valence-corrected chi connectivity index (χ0v) is 15.2. The average Bonchev–Trinajstić information content (AvgIpc) is 2.68. The summed E-state index contributed by atoms with van der Waals surface area (Å²) in [5.74, 6) is -0.0410. The standard InChI is InChI=1S/C21H21N3O3/c1-14-8-9-18-15(13-14)5-4-11-23(18)19(25)10-12-24-21(27)17-7-3-2-6-16(17)20(26)22-24/h2-3,6-9,13H,4-5,10-12H2,1H3,(H,22,26). The van der Waals surface area contributed by atoms with Crippen LogP contribution in [0.4, 0.5) is 5.69 Å². The Labute approximate surface area is 156 Å². The maximum atomic E-state index is 12.8. The molecule has 0 atom stereocenters. The molecule has 0 saturated carbocycles. The first kappa shape index (κ1) is 17.3. The van der Waals surface area contributed by atoms with Gasteiger partial charge >= 0.3 is 0 Å². The van der Waals surface area contributed by atoms with Gasteiger partial charge in [-0.25, -0.2) is 4.68 Å². The van der Waals surface area contributed by atoms with Gasteiger partial charge in [0.05, 0.1) is 17.3 Å². The van der Waals surface area contributed by atoms with Crippen molar-refractivity contribution in [2.24, 2.45) is 0 Å². The molecular formula is C21H21N3O3. The third-order valence-electron chi connectivity index (χ3n) is 5.09. The number of hydrogen-bond donors (Lipinski definition) is 1. The molecule has 0 fully saturated rings. The Morgan fingerprint density at radius 3 is 2.70 bits per heavy atom. The fourth-order valence-electron chi connectivity index (χ4n) is 3.73. The van der Waals surface area contributed by atoms with Crippen molar-refractivity contribution in [3.05, 3.63) is 74.3 Å². The molecule has 0 saturated heterocycles. The summed E-state index contributed by atoms with van der Waals surface area (Å²) < 4.78 is 1.24. The minimum Gasteiger partial charge on any atom is -0.312 e. The van der Waals surface area contributed by atoms with E-state index >= 15 is 0 Å². The van der Waals surface area contributed by atoms with E-state index < -0.39 is 0 Å². The van der Waals surface area contributed by atoms with Crippen LogP contribution in [0.1, 0.15) is 24.0 Å². The number of benzene rings is 2. The second-order valence-corrected chi connectivity index (χ2v) is 6.97. The van der Waals surface area contributed by atoms with Gasteiger partial charge in [0.2, 0.25) is 5.91 Å². The lowest BCUT2D eigenvalue weighted by Crippen LogP contribution is -2.37. The molecule has 0 aliphatic carbocycles. The zero-order valence-electron chi connectivity index (χ0n) is 15.2. The number of aromatic amines is 1. The van der Waals surface area contributed by atoms with Gasteiger partial charge < -0.3 is 4.90 Å². The molecule has 0 spiro atoms. The first-order valence-corrected chi connectivity index (χ1v) is 9.16. The van der Waals surface area contributed by atoms with Gasteiger partial charge in [-0.1, -0.05) is 29.8 Å². The van der Waals surface area contributed by atoms with Crippen molar-refractivity contribution >= 4 is 22.4 Å². The highest BCUT2D eigenvalue weighted by Gasteiger charge is 2.22. The second kappa shape index (κ2) is 6.87. The van der Waals surface area contributed by atoms with Gasteiger partial charge in [0.1, 0.15) is 0 Å². The number of aromatic nitrogens is 2. The number of carbonyl (C=O) groups excluding carboxylic acids is 1. The number of nitrogens with one attached hydrogen (secondary N) is 1. The number of carbonyl (C=O) groups is 1. The summed E-state index contributed by atoms with van der Waals surface area (Å²) in [7, 11) is 0. The molecule has 1 amide bonds. The van der Waals surface area contributed by atoms with Crippen LogP contribution < -0.4 is 16.0 Å². The highest BCUT2D eigenvalue weighted by Crippen LogP contribution is 2.28. The molecular weight excluding hydrogens is 342 g/mol. The van der Waals surface area contributed by atoms with Gasteiger partial charge in [-0.2, -0.15) is 0 Å². The molecule has 0 radical (unpaired) electrons. The molecule has 138 valence electrons. The smallest absolute Gasteiger partial charge is 0.273 e. The van der Waals surface area contributed by atoms with Crippen molar-refractivity contribution in [3.63, 3.8) is 0 Å².